The molecule has 0 heterocycles. The molecular weight excluding hydrogens is 542 g/mol. The molecular formula is C29H36ClNO9. The summed E-state index contributed by atoms with van der Waals surface area (Å²) in [6, 6.07) is 13.3. The van der Waals surface area contributed by atoms with Gasteiger partial charge in [-0.1, -0.05) is 42.0 Å². The molecule has 3 N–H and O–H groups in total. The fourth-order valence-corrected chi connectivity index (χ4v) is 5.05. The van der Waals surface area contributed by atoms with E-state index in [1.165, 1.54) is 6.07 Å². The maximum atomic E-state index is 12.1. The number of rotatable bonds is 16. The van der Waals surface area contributed by atoms with E-state index in [0.29, 0.717) is 60.6 Å². The van der Waals surface area contributed by atoms with Crippen LogP contribution in [0.2, 0.25) is 5.02 Å². The zero-order valence-electron chi connectivity index (χ0n) is 22.1. The van der Waals surface area contributed by atoms with Crippen molar-refractivity contribution in [3.63, 3.8) is 0 Å². The van der Waals surface area contributed by atoms with Crippen LogP contribution in [0.5, 0.6) is 11.5 Å². The molecule has 0 amide bonds. The number of halogens is 1. The van der Waals surface area contributed by atoms with Crippen molar-refractivity contribution < 1.29 is 39.5 Å². The molecule has 2 aromatic carbocycles. The van der Waals surface area contributed by atoms with Gasteiger partial charge in [0.1, 0.15) is 24.7 Å². The van der Waals surface area contributed by atoms with Crippen LogP contribution in [0.25, 0.3) is 0 Å². The molecule has 0 unspecified atom stereocenters. The molecule has 1 aliphatic carbocycles. The first-order valence-corrected chi connectivity index (χ1v) is 13.7. The second kappa shape index (κ2) is 16.2. The highest BCUT2D eigenvalue weighted by atomic mass is 35.5. The number of carbonyl (C=O) groups excluding carboxylic acids is 1. The first-order chi connectivity index (χ1) is 19.2. The van der Waals surface area contributed by atoms with Crippen LogP contribution in [-0.2, 0) is 16.2 Å². The average molecular weight is 578 g/mol. The van der Waals surface area contributed by atoms with Gasteiger partial charge < -0.3 is 29.6 Å². The molecule has 0 aliphatic heterocycles. The van der Waals surface area contributed by atoms with Gasteiger partial charge in [-0.2, -0.15) is 0 Å². The van der Waals surface area contributed by atoms with Crippen molar-refractivity contribution in [2.24, 2.45) is 11.8 Å². The third-order valence-electron chi connectivity index (χ3n) is 6.89. The number of hydrogen-bond acceptors (Lipinski definition) is 9. The van der Waals surface area contributed by atoms with Crippen LogP contribution in [-0.4, -0.2) is 51.3 Å². The number of hydrogen-bond donors (Lipinski definition) is 3. The van der Waals surface area contributed by atoms with Crippen LogP contribution >= 0.6 is 11.6 Å². The van der Waals surface area contributed by atoms with Gasteiger partial charge in [0.2, 0.25) is 0 Å². The molecule has 0 spiro atoms. The van der Waals surface area contributed by atoms with E-state index < -0.39 is 29.4 Å². The normalized spacial score (nSPS) is 21.3. The molecule has 0 aromatic heterocycles. The van der Waals surface area contributed by atoms with Crippen molar-refractivity contribution in [1.82, 2.24) is 0 Å². The average Bonchev–Trinajstić information content (AvgIpc) is 3.18. The highest BCUT2D eigenvalue weighted by Gasteiger charge is 2.40. The Morgan fingerprint density at radius 3 is 2.62 bits per heavy atom. The van der Waals surface area contributed by atoms with Gasteiger partial charge in [0.05, 0.1) is 18.3 Å². The largest absolute Gasteiger partial charge is 0.491 e. The number of aliphatic hydroxyl groups excluding tert-OH is 3. The molecule has 5 atom stereocenters. The number of carbonyl (C=O) groups is 1. The zero-order valence-corrected chi connectivity index (χ0v) is 22.9. The van der Waals surface area contributed by atoms with Crippen LogP contribution in [0.3, 0.4) is 0 Å². The summed E-state index contributed by atoms with van der Waals surface area (Å²) >= 11 is 5.95. The summed E-state index contributed by atoms with van der Waals surface area (Å²) in [5.74, 6) is 0.207. The lowest BCUT2D eigenvalue weighted by Crippen LogP contribution is -2.25. The second-order valence-electron chi connectivity index (χ2n) is 9.92. The number of allylic oxidation sites excluding steroid dienone is 2. The van der Waals surface area contributed by atoms with Crippen molar-refractivity contribution in [3.8, 4) is 11.5 Å². The van der Waals surface area contributed by atoms with E-state index in [2.05, 4.69) is 4.84 Å². The van der Waals surface area contributed by atoms with E-state index in [-0.39, 0.29) is 31.5 Å². The predicted octanol–water partition coefficient (Wildman–Crippen LogP) is 4.65. The molecule has 0 radical (unpaired) electrons. The first kappa shape index (κ1) is 31.3. The molecule has 1 aliphatic rings. The van der Waals surface area contributed by atoms with Crippen LogP contribution < -0.4 is 9.47 Å². The van der Waals surface area contributed by atoms with Crippen molar-refractivity contribution >= 4 is 17.6 Å². The molecule has 2 aromatic rings. The number of benzene rings is 2. The standard InChI is InChI=1S/C29H36ClNO9/c30-21-8-6-9-23(16-21)38-19-22(32)13-14-26-25(27(33)17-28(26)34)11-3-1-2-4-12-29(35)40-24-10-5-7-20(15-24)18-39-31(36)37/h1,3,5-10,15-16,22,25-28,32-34H,2,4,11-14,17-19H2/b3-1-/t22-,25-,26-,27+,28-/m1/s1. The minimum absolute atomic E-state index is 0.111. The van der Waals surface area contributed by atoms with Crippen LogP contribution in [0.4, 0.5) is 0 Å². The number of aliphatic hydroxyl groups is 3. The van der Waals surface area contributed by atoms with Crippen molar-refractivity contribution in [1.29, 1.82) is 0 Å². The maximum absolute atomic E-state index is 12.1. The Labute approximate surface area is 238 Å². The van der Waals surface area contributed by atoms with E-state index >= 15 is 0 Å². The van der Waals surface area contributed by atoms with E-state index in [1.54, 1.807) is 42.5 Å². The molecule has 1 saturated carbocycles. The fraction of sp³-hybridized carbons (Fsp3) is 0.483. The molecule has 3 rings (SSSR count). The summed E-state index contributed by atoms with van der Waals surface area (Å²) in [6.45, 7) is -0.115. The van der Waals surface area contributed by atoms with Gasteiger partial charge in [-0.25, -0.2) is 0 Å². The zero-order chi connectivity index (χ0) is 28.9. The summed E-state index contributed by atoms with van der Waals surface area (Å²) < 4.78 is 10.9. The van der Waals surface area contributed by atoms with Crippen molar-refractivity contribution in [3.05, 3.63) is 81.4 Å². The maximum Gasteiger partial charge on any atom is 0.311 e. The van der Waals surface area contributed by atoms with Gasteiger partial charge in [0.25, 0.3) is 5.09 Å². The van der Waals surface area contributed by atoms with Gasteiger partial charge in [-0.15, -0.1) is 10.1 Å². The third-order valence-corrected chi connectivity index (χ3v) is 7.12. The Morgan fingerprint density at radius 2 is 1.85 bits per heavy atom. The smallest absolute Gasteiger partial charge is 0.311 e. The first-order valence-electron chi connectivity index (χ1n) is 13.4. The number of ether oxygens (including phenoxy) is 2. The lowest BCUT2D eigenvalue weighted by molar-refractivity contribution is -0.763. The molecule has 218 valence electrons. The summed E-state index contributed by atoms with van der Waals surface area (Å²) in [6.07, 6.45) is 5.24. The lowest BCUT2D eigenvalue weighted by Gasteiger charge is -2.23. The Bertz CT molecular complexity index is 1130. The minimum Gasteiger partial charge on any atom is -0.491 e. The third kappa shape index (κ3) is 10.8. The molecule has 10 nitrogen and oxygen atoms in total. The van der Waals surface area contributed by atoms with Crippen LogP contribution in [0.15, 0.2) is 60.7 Å². The van der Waals surface area contributed by atoms with Gasteiger partial charge in [0, 0.05) is 11.4 Å². The quantitative estimate of drug-likeness (QED) is 0.0647. The molecule has 40 heavy (non-hydrogen) atoms. The lowest BCUT2D eigenvalue weighted by atomic mass is 9.86. The number of esters is 1. The SMILES string of the molecule is O=C(CCC/C=C\C[C@@H]1[C@@H](CC[C@@H](O)COc2cccc(Cl)c2)[C@H](O)C[C@@H]1O)Oc1cccc(CO[N+](=O)[O-])c1. The van der Waals surface area contributed by atoms with E-state index in [1.807, 2.05) is 12.2 Å². The summed E-state index contributed by atoms with van der Waals surface area (Å²) in [7, 11) is 0. The summed E-state index contributed by atoms with van der Waals surface area (Å²) in [4.78, 5) is 26.8. The van der Waals surface area contributed by atoms with Crippen LogP contribution in [0, 0.1) is 22.0 Å². The highest BCUT2D eigenvalue weighted by molar-refractivity contribution is 6.30. The summed E-state index contributed by atoms with van der Waals surface area (Å²) in [5.41, 5.74) is 0.517. The Balaban J connectivity index is 1.35. The van der Waals surface area contributed by atoms with Crippen molar-refractivity contribution in [2.75, 3.05) is 6.61 Å². The van der Waals surface area contributed by atoms with Crippen molar-refractivity contribution in [2.45, 2.75) is 69.9 Å². The van der Waals surface area contributed by atoms with E-state index in [4.69, 9.17) is 21.1 Å². The Morgan fingerprint density at radius 1 is 1.10 bits per heavy atom. The Kier molecular flexibility index (Phi) is 12.7. The molecule has 0 bridgehead atoms. The highest BCUT2D eigenvalue weighted by Crippen LogP contribution is 2.38. The molecule has 11 heteroatoms. The number of unbranched alkanes of at least 4 members (excludes halogenated alkanes) is 1. The monoisotopic (exact) mass is 577 g/mol. The second-order valence-corrected chi connectivity index (χ2v) is 10.4. The van der Waals surface area contributed by atoms with E-state index in [0.717, 1.165) is 0 Å². The van der Waals surface area contributed by atoms with E-state index in [9.17, 15) is 30.2 Å². The summed E-state index contributed by atoms with van der Waals surface area (Å²) in [5, 5.41) is 41.3. The van der Waals surface area contributed by atoms with Gasteiger partial charge in [-0.05, 0) is 86.3 Å². The van der Waals surface area contributed by atoms with Gasteiger partial charge >= 0.3 is 5.97 Å². The fourth-order valence-electron chi connectivity index (χ4n) is 4.87. The predicted molar refractivity (Wildman–Crippen MR) is 147 cm³/mol. The van der Waals surface area contributed by atoms with Crippen LogP contribution in [0.1, 0.15) is 50.5 Å². The minimum atomic E-state index is -0.882. The molecule has 0 saturated heterocycles. The number of nitrogens with zero attached hydrogens (tertiary/aromatic N) is 1. The Hall–Kier alpha value is -3.18. The topological polar surface area (TPSA) is 149 Å². The molecule has 1 fully saturated rings. The van der Waals surface area contributed by atoms with Gasteiger partial charge in [0.15, 0.2) is 0 Å². The van der Waals surface area contributed by atoms with Gasteiger partial charge in [-0.3, -0.25) is 4.79 Å².